The van der Waals surface area contributed by atoms with Crippen molar-refractivity contribution in [3.8, 4) is 11.5 Å². The molecule has 6 heteroatoms. The van der Waals surface area contributed by atoms with E-state index in [1.165, 1.54) is 0 Å². The Morgan fingerprint density at radius 1 is 1.37 bits per heavy atom. The molecule has 5 nitrogen and oxygen atoms in total. The van der Waals surface area contributed by atoms with Crippen molar-refractivity contribution in [2.24, 2.45) is 5.92 Å². The minimum Gasteiger partial charge on any atom is -0.496 e. The van der Waals surface area contributed by atoms with Gasteiger partial charge in [-0.05, 0) is 34.5 Å². The third kappa shape index (κ3) is 2.84. The average molecular weight is 330 g/mol. The number of methoxy groups -OCH3 is 2. The molecule has 2 unspecified atom stereocenters. The summed E-state index contributed by atoms with van der Waals surface area (Å²) in [6.07, 6.45) is 0.552. The van der Waals surface area contributed by atoms with Crippen LogP contribution < -0.4 is 14.8 Å². The van der Waals surface area contributed by atoms with Crippen molar-refractivity contribution in [1.82, 2.24) is 5.32 Å². The SMILES string of the molecule is COc1cc(C2CC(C(=O)O)CN2)c(OC)cc1Br. The van der Waals surface area contributed by atoms with Gasteiger partial charge in [0.1, 0.15) is 11.5 Å². The van der Waals surface area contributed by atoms with Crippen molar-refractivity contribution >= 4 is 21.9 Å². The van der Waals surface area contributed by atoms with Gasteiger partial charge >= 0.3 is 5.97 Å². The van der Waals surface area contributed by atoms with Gasteiger partial charge in [0.05, 0.1) is 24.6 Å². The van der Waals surface area contributed by atoms with Gasteiger partial charge in [0.25, 0.3) is 0 Å². The fraction of sp³-hybridized carbons (Fsp3) is 0.462. The predicted octanol–water partition coefficient (Wildman–Crippen LogP) is 2.20. The molecule has 1 aromatic carbocycles. The minimum atomic E-state index is -0.766. The third-order valence-electron chi connectivity index (χ3n) is 3.36. The number of halogens is 1. The maximum absolute atomic E-state index is 11.0. The highest BCUT2D eigenvalue weighted by atomic mass is 79.9. The summed E-state index contributed by atoms with van der Waals surface area (Å²) < 4.78 is 11.4. The molecule has 1 heterocycles. The number of nitrogens with one attached hydrogen (secondary N) is 1. The Morgan fingerprint density at radius 2 is 2.05 bits per heavy atom. The van der Waals surface area contributed by atoms with Crippen LogP contribution in [0, 0.1) is 5.92 Å². The summed E-state index contributed by atoms with van der Waals surface area (Å²) in [7, 11) is 3.19. The molecule has 0 saturated carbocycles. The first-order valence-corrected chi connectivity index (χ1v) is 6.73. The van der Waals surface area contributed by atoms with Crippen molar-refractivity contribution in [2.75, 3.05) is 20.8 Å². The van der Waals surface area contributed by atoms with Crippen LogP contribution in [0.4, 0.5) is 0 Å². The normalized spacial score (nSPS) is 22.3. The van der Waals surface area contributed by atoms with Gasteiger partial charge in [-0.15, -0.1) is 0 Å². The fourth-order valence-corrected chi connectivity index (χ4v) is 2.80. The molecule has 1 saturated heterocycles. The molecule has 0 aromatic heterocycles. The number of benzene rings is 1. The van der Waals surface area contributed by atoms with Gasteiger partial charge in [-0.3, -0.25) is 4.79 Å². The molecule has 2 atom stereocenters. The molecular formula is C13H16BrNO4. The smallest absolute Gasteiger partial charge is 0.307 e. The maximum Gasteiger partial charge on any atom is 0.307 e. The molecule has 1 aromatic rings. The molecule has 19 heavy (non-hydrogen) atoms. The van der Waals surface area contributed by atoms with Crippen LogP contribution in [0.25, 0.3) is 0 Å². The average Bonchev–Trinajstić information content (AvgIpc) is 2.88. The van der Waals surface area contributed by atoms with E-state index < -0.39 is 5.97 Å². The molecule has 0 bridgehead atoms. The van der Waals surface area contributed by atoms with Crippen LogP contribution in [-0.4, -0.2) is 31.8 Å². The van der Waals surface area contributed by atoms with E-state index in [0.29, 0.717) is 18.7 Å². The van der Waals surface area contributed by atoms with Gasteiger partial charge in [0.15, 0.2) is 0 Å². The lowest BCUT2D eigenvalue weighted by atomic mass is 9.99. The van der Waals surface area contributed by atoms with Crippen LogP contribution in [0.15, 0.2) is 16.6 Å². The summed E-state index contributed by atoms with van der Waals surface area (Å²) >= 11 is 3.41. The van der Waals surface area contributed by atoms with Gasteiger partial charge in [-0.2, -0.15) is 0 Å². The van der Waals surface area contributed by atoms with Crippen molar-refractivity contribution in [2.45, 2.75) is 12.5 Å². The van der Waals surface area contributed by atoms with Crippen molar-refractivity contribution < 1.29 is 19.4 Å². The van der Waals surface area contributed by atoms with Crippen LogP contribution in [0.2, 0.25) is 0 Å². The summed E-state index contributed by atoms with van der Waals surface area (Å²) in [6, 6.07) is 3.69. The zero-order chi connectivity index (χ0) is 14.0. The predicted molar refractivity (Wildman–Crippen MR) is 73.7 cm³/mol. The summed E-state index contributed by atoms with van der Waals surface area (Å²) in [5.41, 5.74) is 0.923. The lowest BCUT2D eigenvalue weighted by molar-refractivity contribution is -0.141. The molecule has 2 N–H and O–H groups in total. The zero-order valence-electron chi connectivity index (χ0n) is 10.8. The molecule has 0 aliphatic carbocycles. The van der Waals surface area contributed by atoms with Crippen LogP contribution >= 0.6 is 15.9 Å². The summed E-state index contributed by atoms with van der Waals surface area (Å²) in [5.74, 6) is 0.301. The quantitative estimate of drug-likeness (QED) is 0.886. The number of carboxylic acid groups (broad SMARTS) is 1. The highest BCUT2D eigenvalue weighted by Crippen LogP contribution is 2.39. The van der Waals surface area contributed by atoms with Crippen molar-refractivity contribution in [3.05, 3.63) is 22.2 Å². The standard InChI is InChI=1S/C13H16BrNO4/c1-18-11-5-9(14)12(19-2)4-8(11)10-3-7(6-15-10)13(16)17/h4-5,7,10,15H,3,6H2,1-2H3,(H,16,17). The Hall–Kier alpha value is -1.27. The molecular weight excluding hydrogens is 314 g/mol. The van der Waals surface area contributed by atoms with Crippen LogP contribution in [0.1, 0.15) is 18.0 Å². The maximum atomic E-state index is 11.0. The first-order chi connectivity index (χ1) is 9.06. The minimum absolute atomic E-state index is 0.0296. The Kier molecular flexibility index (Phi) is 4.31. The Bertz CT molecular complexity index is 492. The summed E-state index contributed by atoms with van der Waals surface area (Å²) in [6.45, 7) is 0.474. The van der Waals surface area contributed by atoms with Crippen LogP contribution in [-0.2, 0) is 4.79 Å². The van der Waals surface area contributed by atoms with Gasteiger partial charge < -0.3 is 19.9 Å². The Labute approximate surface area is 120 Å². The highest BCUT2D eigenvalue weighted by Gasteiger charge is 2.32. The fourth-order valence-electron chi connectivity index (χ4n) is 2.32. The number of hydrogen-bond donors (Lipinski definition) is 2. The Morgan fingerprint density at radius 3 is 2.58 bits per heavy atom. The molecule has 0 amide bonds. The number of hydrogen-bond acceptors (Lipinski definition) is 4. The van der Waals surface area contributed by atoms with E-state index in [0.717, 1.165) is 15.8 Å². The number of ether oxygens (including phenoxy) is 2. The number of rotatable bonds is 4. The number of carboxylic acids is 1. The van der Waals surface area contributed by atoms with Gasteiger partial charge in [0.2, 0.25) is 0 Å². The van der Waals surface area contributed by atoms with Crippen molar-refractivity contribution in [3.63, 3.8) is 0 Å². The Balaban J connectivity index is 2.31. The lowest BCUT2D eigenvalue weighted by Gasteiger charge is -2.17. The summed E-state index contributed by atoms with van der Waals surface area (Å²) in [4.78, 5) is 11.0. The first-order valence-electron chi connectivity index (χ1n) is 5.94. The molecule has 0 radical (unpaired) electrons. The van der Waals surface area contributed by atoms with Crippen molar-refractivity contribution in [1.29, 1.82) is 0 Å². The second kappa shape index (κ2) is 5.79. The van der Waals surface area contributed by atoms with E-state index >= 15 is 0 Å². The topological polar surface area (TPSA) is 67.8 Å². The number of aliphatic carboxylic acids is 1. The number of carbonyl (C=O) groups is 1. The van der Waals surface area contributed by atoms with Gasteiger partial charge in [-0.25, -0.2) is 0 Å². The molecule has 104 valence electrons. The second-order valence-corrected chi connectivity index (χ2v) is 5.31. The van der Waals surface area contributed by atoms with Gasteiger partial charge in [-0.1, -0.05) is 0 Å². The van der Waals surface area contributed by atoms with E-state index in [2.05, 4.69) is 21.2 Å². The monoisotopic (exact) mass is 329 g/mol. The highest BCUT2D eigenvalue weighted by molar-refractivity contribution is 9.10. The molecule has 0 spiro atoms. The van der Waals surface area contributed by atoms with E-state index in [-0.39, 0.29) is 12.0 Å². The second-order valence-electron chi connectivity index (χ2n) is 4.46. The van der Waals surface area contributed by atoms with Crippen LogP contribution in [0.5, 0.6) is 11.5 Å². The van der Waals surface area contributed by atoms with E-state index in [1.807, 2.05) is 12.1 Å². The summed E-state index contributed by atoms with van der Waals surface area (Å²) in [5, 5.41) is 12.3. The van der Waals surface area contributed by atoms with Gasteiger partial charge in [0, 0.05) is 18.2 Å². The molecule has 2 rings (SSSR count). The van der Waals surface area contributed by atoms with E-state index in [9.17, 15) is 4.79 Å². The largest absolute Gasteiger partial charge is 0.496 e. The van der Waals surface area contributed by atoms with E-state index in [1.54, 1.807) is 14.2 Å². The third-order valence-corrected chi connectivity index (χ3v) is 3.98. The molecule has 1 fully saturated rings. The molecule has 1 aliphatic heterocycles. The van der Waals surface area contributed by atoms with Crippen LogP contribution in [0.3, 0.4) is 0 Å². The first kappa shape index (κ1) is 14.1. The lowest BCUT2D eigenvalue weighted by Crippen LogP contribution is -2.17. The zero-order valence-corrected chi connectivity index (χ0v) is 12.4. The van der Waals surface area contributed by atoms with E-state index in [4.69, 9.17) is 14.6 Å². The molecule has 1 aliphatic rings.